The van der Waals surface area contributed by atoms with Crippen molar-refractivity contribution in [3.8, 4) is 0 Å². The normalized spacial score (nSPS) is 25.9. The van der Waals surface area contributed by atoms with E-state index in [0.717, 1.165) is 32.3 Å². The van der Waals surface area contributed by atoms with E-state index in [1.54, 1.807) is 0 Å². The van der Waals surface area contributed by atoms with Crippen LogP contribution in [-0.4, -0.2) is 43.2 Å². The second-order valence-corrected chi connectivity index (χ2v) is 5.53. The lowest BCUT2D eigenvalue weighted by Gasteiger charge is -2.37. The third kappa shape index (κ3) is 3.45. The minimum atomic E-state index is 0.0761. The molecule has 2 aliphatic rings. The van der Waals surface area contributed by atoms with Crippen molar-refractivity contribution in [2.45, 2.75) is 51.0 Å². The number of hydrogen-bond donors (Lipinski definition) is 1. The first kappa shape index (κ1) is 13.8. The van der Waals surface area contributed by atoms with Crippen molar-refractivity contribution in [3.63, 3.8) is 0 Å². The van der Waals surface area contributed by atoms with Crippen LogP contribution in [0.4, 0.5) is 0 Å². The molecule has 1 aliphatic heterocycles. The smallest absolute Gasteiger partial charge is 0.228 e. The van der Waals surface area contributed by atoms with Gasteiger partial charge >= 0.3 is 0 Å². The number of carbonyl (C=O) groups is 1. The number of amides is 1. The van der Waals surface area contributed by atoms with Gasteiger partial charge in [-0.2, -0.15) is 0 Å². The third-order valence-electron chi connectivity index (χ3n) is 4.18. The minimum absolute atomic E-state index is 0.0761. The van der Waals surface area contributed by atoms with Crippen LogP contribution in [0.3, 0.4) is 0 Å². The van der Waals surface area contributed by atoms with E-state index in [0.29, 0.717) is 25.7 Å². The van der Waals surface area contributed by atoms with Crippen LogP contribution in [0.2, 0.25) is 0 Å². The maximum Gasteiger partial charge on any atom is 0.228 e. The molecule has 0 bridgehead atoms. The summed E-state index contributed by atoms with van der Waals surface area (Å²) in [5.41, 5.74) is 5.68. The molecule has 2 rings (SSSR count). The van der Waals surface area contributed by atoms with E-state index in [2.05, 4.69) is 4.90 Å². The van der Waals surface area contributed by atoms with Crippen LogP contribution in [0.1, 0.15) is 44.9 Å². The van der Waals surface area contributed by atoms with Crippen LogP contribution in [0, 0.1) is 5.92 Å². The number of nitrogens with zero attached hydrogens (tertiary/aromatic N) is 1. The molecule has 0 aromatic carbocycles. The van der Waals surface area contributed by atoms with Gasteiger partial charge in [0.1, 0.15) is 0 Å². The van der Waals surface area contributed by atoms with Crippen molar-refractivity contribution in [1.29, 1.82) is 0 Å². The van der Waals surface area contributed by atoms with E-state index in [9.17, 15) is 4.79 Å². The fourth-order valence-electron chi connectivity index (χ4n) is 3.17. The van der Waals surface area contributed by atoms with Crippen LogP contribution < -0.4 is 5.73 Å². The Balaban J connectivity index is 1.96. The second-order valence-electron chi connectivity index (χ2n) is 5.53. The summed E-state index contributed by atoms with van der Waals surface area (Å²) in [5.74, 6) is 0.360. The standard InChI is InChI=1S/C14H26N2O2/c15-8-9-16(13-6-2-1-3-7-13)14(17)12-5-4-10-18-11-12/h12-13H,1-11,15H2. The molecular weight excluding hydrogens is 228 g/mol. The molecule has 0 aromatic rings. The van der Waals surface area contributed by atoms with E-state index in [1.807, 2.05) is 0 Å². The fraction of sp³-hybridized carbons (Fsp3) is 0.929. The van der Waals surface area contributed by atoms with Crippen molar-refractivity contribution in [1.82, 2.24) is 4.90 Å². The zero-order valence-electron chi connectivity index (χ0n) is 11.3. The second kappa shape index (κ2) is 7.10. The highest BCUT2D eigenvalue weighted by molar-refractivity contribution is 5.79. The highest BCUT2D eigenvalue weighted by atomic mass is 16.5. The van der Waals surface area contributed by atoms with Crippen LogP contribution in [-0.2, 0) is 9.53 Å². The molecule has 4 nitrogen and oxygen atoms in total. The van der Waals surface area contributed by atoms with Gasteiger partial charge in [-0.1, -0.05) is 19.3 Å². The van der Waals surface area contributed by atoms with Gasteiger partial charge in [-0.15, -0.1) is 0 Å². The van der Waals surface area contributed by atoms with Crippen molar-refractivity contribution in [2.75, 3.05) is 26.3 Å². The molecule has 1 saturated heterocycles. The SMILES string of the molecule is NCCN(C(=O)C1CCCOC1)C1CCCCC1. The van der Waals surface area contributed by atoms with Crippen molar-refractivity contribution >= 4 is 5.91 Å². The summed E-state index contributed by atoms with van der Waals surface area (Å²) in [7, 11) is 0. The summed E-state index contributed by atoms with van der Waals surface area (Å²) in [5, 5.41) is 0. The van der Waals surface area contributed by atoms with Crippen LogP contribution in [0.5, 0.6) is 0 Å². The molecule has 1 atom stereocenters. The van der Waals surface area contributed by atoms with Gasteiger partial charge in [0, 0.05) is 25.7 Å². The van der Waals surface area contributed by atoms with Gasteiger partial charge in [-0.05, 0) is 25.7 Å². The molecule has 18 heavy (non-hydrogen) atoms. The lowest BCUT2D eigenvalue weighted by molar-refractivity contribution is -0.142. The van der Waals surface area contributed by atoms with E-state index in [-0.39, 0.29) is 11.8 Å². The quantitative estimate of drug-likeness (QED) is 0.828. The summed E-state index contributed by atoms with van der Waals surface area (Å²) < 4.78 is 5.44. The molecule has 2 N–H and O–H groups in total. The van der Waals surface area contributed by atoms with Crippen LogP contribution in [0.25, 0.3) is 0 Å². The Labute approximate surface area is 110 Å². The lowest BCUT2D eigenvalue weighted by Crippen LogP contribution is -2.48. The van der Waals surface area contributed by atoms with E-state index in [1.165, 1.54) is 19.3 Å². The molecule has 0 aromatic heterocycles. The maximum atomic E-state index is 12.6. The van der Waals surface area contributed by atoms with E-state index >= 15 is 0 Å². The van der Waals surface area contributed by atoms with Crippen molar-refractivity contribution in [2.24, 2.45) is 11.7 Å². The zero-order chi connectivity index (χ0) is 12.8. The van der Waals surface area contributed by atoms with Gasteiger partial charge in [-0.3, -0.25) is 4.79 Å². The molecule has 0 radical (unpaired) electrons. The number of rotatable bonds is 4. The number of ether oxygens (including phenoxy) is 1. The fourth-order valence-corrected chi connectivity index (χ4v) is 3.17. The largest absolute Gasteiger partial charge is 0.381 e. The molecular formula is C14H26N2O2. The lowest BCUT2D eigenvalue weighted by atomic mass is 9.92. The first-order chi connectivity index (χ1) is 8.83. The predicted octanol–water partition coefficient (Wildman–Crippen LogP) is 1.53. The summed E-state index contributed by atoms with van der Waals surface area (Å²) in [6.07, 6.45) is 8.11. The van der Waals surface area contributed by atoms with Crippen molar-refractivity contribution < 1.29 is 9.53 Å². The Morgan fingerprint density at radius 2 is 1.94 bits per heavy atom. The highest BCUT2D eigenvalue weighted by Gasteiger charge is 2.31. The van der Waals surface area contributed by atoms with Gasteiger partial charge in [0.05, 0.1) is 12.5 Å². The summed E-state index contributed by atoms with van der Waals surface area (Å²) >= 11 is 0. The molecule has 1 saturated carbocycles. The number of carbonyl (C=O) groups excluding carboxylic acids is 1. The average molecular weight is 254 g/mol. The molecule has 4 heteroatoms. The Kier molecular flexibility index (Phi) is 5.45. The summed E-state index contributed by atoms with van der Waals surface area (Å²) in [6, 6.07) is 0.428. The van der Waals surface area contributed by atoms with Crippen LogP contribution >= 0.6 is 0 Å². The Bertz CT molecular complexity index is 259. The van der Waals surface area contributed by atoms with Gasteiger partial charge in [0.25, 0.3) is 0 Å². The molecule has 0 spiro atoms. The number of hydrogen-bond acceptors (Lipinski definition) is 3. The molecule has 1 aliphatic carbocycles. The van der Waals surface area contributed by atoms with Gasteiger partial charge in [0.2, 0.25) is 5.91 Å². The van der Waals surface area contributed by atoms with E-state index < -0.39 is 0 Å². The third-order valence-corrected chi connectivity index (χ3v) is 4.18. The number of nitrogens with two attached hydrogens (primary N) is 1. The Morgan fingerprint density at radius 1 is 1.17 bits per heavy atom. The minimum Gasteiger partial charge on any atom is -0.381 e. The molecule has 1 heterocycles. The van der Waals surface area contributed by atoms with Gasteiger partial charge in [-0.25, -0.2) is 0 Å². The maximum absolute atomic E-state index is 12.6. The Morgan fingerprint density at radius 3 is 2.56 bits per heavy atom. The molecule has 1 unspecified atom stereocenters. The monoisotopic (exact) mass is 254 g/mol. The Hall–Kier alpha value is -0.610. The highest BCUT2D eigenvalue weighted by Crippen LogP contribution is 2.25. The van der Waals surface area contributed by atoms with Crippen molar-refractivity contribution in [3.05, 3.63) is 0 Å². The topological polar surface area (TPSA) is 55.6 Å². The van der Waals surface area contributed by atoms with Gasteiger partial charge < -0.3 is 15.4 Å². The predicted molar refractivity (Wildman–Crippen MR) is 71.2 cm³/mol. The van der Waals surface area contributed by atoms with Crippen LogP contribution in [0.15, 0.2) is 0 Å². The summed E-state index contributed by atoms with van der Waals surface area (Å²) in [6.45, 7) is 2.69. The summed E-state index contributed by atoms with van der Waals surface area (Å²) in [4.78, 5) is 14.6. The molecule has 1 amide bonds. The van der Waals surface area contributed by atoms with Gasteiger partial charge in [0.15, 0.2) is 0 Å². The van der Waals surface area contributed by atoms with E-state index in [4.69, 9.17) is 10.5 Å². The first-order valence-electron chi connectivity index (χ1n) is 7.41. The molecule has 104 valence electrons. The molecule has 2 fully saturated rings. The first-order valence-corrected chi connectivity index (χ1v) is 7.41. The zero-order valence-corrected chi connectivity index (χ0v) is 11.3. The average Bonchev–Trinajstić information content (AvgIpc) is 2.46.